The van der Waals surface area contributed by atoms with Gasteiger partial charge in [-0.2, -0.15) is 0 Å². The van der Waals surface area contributed by atoms with Crippen molar-refractivity contribution in [2.45, 2.75) is 78.9 Å². The van der Waals surface area contributed by atoms with Gasteiger partial charge >= 0.3 is 17.3 Å². The molecule has 0 saturated carbocycles. The van der Waals surface area contributed by atoms with Gasteiger partial charge in [0.15, 0.2) is 16.7 Å². The molecule has 0 saturated heterocycles. The van der Waals surface area contributed by atoms with Crippen molar-refractivity contribution in [2.24, 2.45) is 0 Å². The number of rotatable bonds is 0. The molecule has 0 spiro atoms. The Balaban J connectivity index is 0.000000154. The van der Waals surface area contributed by atoms with Crippen LogP contribution in [0, 0.1) is 0 Å². The van der Waals surface area contributed by atoms with Gasteiger partial charge in [-0.15, -0.1) is 0 Å². The quantitative estimate of drug-likeness (QED) is 0.152. The molecule has 0 aliphatic rings. The van der Waals surface area contributed by atoms with Crippen molar-refractivity contribution in [2.75, 3.05) is 0 Å². The van der Waals surface area contributed by atoms with Crippen LogP contribution in [-0.4, -0.2) is 13.7 Å². The normalized spacial score (nSPS) is 12.3. The third-order valence-corrected chi connectivity index (χ3v) is 8.28. The second kappa shape index (κ2) is 12.6. The van der Waals surface area contributed by atoms with E-state index in [0.717, 1.165) is 30.0 Å². The molecule has 45 heavy (non-hydrogen) atoms. The largest absolute Gasteiger partial charge is 0.420 e. The van der Waals surface area contributed by atoms with Crippen LogP contribution in [0.1, 0.15) is 62.3 Å². The van der Waals surface area contributed by atoms with Crippen LogP contribution in [0.15, 0.2) is 95.7 Å². The second-order valence-corrected chi connectivity index (χ2v) is 16.1. The predicted octanol–water partition coefficient (Wildman–Crippen LogP) is 9.34. The number of para-hydroxylation sites is 1. The van der Waals surface area contributed by atoms with Crippen molar-refractivity contribution in [1.82, 2.24) is 13.7 Å². The Morgan fingerprint density at radius 1 is 0.511 bits per heavy atom. The summed E-state index contributed by atoms with van der Waals surface area (Å²) in [5.74, 6) is -0.935. The number of fused-ring (bicyclic) bond motifs is 3. The molecule has 6 rings (SSSR count). The molecule has 0 aliphatic carbocycles. The van der Waals surface area contributed by atoms with E-state index in [0.29, 0.717) is 16.7 Å². The van der Waals surface area contributed by atoms with E-state index in [1.807, 2.05) is 98.7 Å². The summed E-state index contributed by atoms with van der Waals surface area (Å²) >= 11 is 10.2. The zero-order valence-electron chi connectivity index (χ0n) is 26.6. The average molecular weight is 810 g/mol. The summed E-state index contributed by atoms with van der Waals surface area (Å²) < 4.78 is 23.2. The molecule has 0 aliphatic heterocycles. The molecule has 0 bridgehead atoms. The highest BCUT2D eigenvalue weighted by atomic mass is 79.9. The van der Waals surface area contributed by atoms with E-state index >= 15 is 0 Å². The van der Waals surface area contributed by atoms with Crippen LogP contribution in [0.5, 0.6) is 0 Å². The monoisotopic (exact) mass is 807 g/mol. The van der Waals surface area contributed by atoms with Gasteiger partial charge in [-0.05, 0) is 127 Å². The Bertz CT molecular complexity index is 2170. The topological polar surface area (TPSA) is 105 Å². The van der Waals surface area contributed by atoms with Crippen molar-refractivity contribution >= 4 is 81.1 Å². The highest BCUT2D eigenvalue weighted by Gasteiger charge is 2.23. The molecular weight excluding hydrogens is 774 g/mol. The first-order chi connectivity index (χ1) is 20.7. The lowest BCUT2D eigenvalue weighted by Gasteiger charge is -2.19. The molecule has 0 radical (unpaired) electrons. The molecule has 240 valence electrons. The highest BCUT2D eigenvalue weighted by molar-refractivity contribution is 9.11. The summed E-state index contributed by atoms with van der Waals surface area (Å²) in [5, 5.41) is 0. The fraction of sp³-hybridized carbons (Fsp3) is 0.364. The van der Waals surface area contributed by atoms with E-state index in [4.69, 9.17) is 13.3 Å². The summed E-state index contributed by atoms with van der Waals surface area (Å²) in [7, 11) is 0. The number of oxazole rings is 3. The van der Waals surface area contributed by atoms with E-state index < -0.39 is 0 Å². The molecule has 9 nitrogen and oxygen atoms in total. The predicted molar refractivity (Wildman–Crippen MR) is 190 cm³/mol. The van der Waals surface area contributed by atoms with Crippen LogP contribution >= 0.6 is 47.8 Å². The minimum atomic E-state index is -0.315. The molecule has 0 unspecified atom stereocenters. The summed E-state index contributed by atoms with van der Waals surface area (Å²) in [6.45, 7) is 17.8. The zero-order valence-corrected chi connectivity index (χ0v) is 31.4. The van der Waals surface area contributed by atoms with Crippen molar-refractivity contribution in [3.05, 3.63) is 99.7 Å². The minimum absolute atomic E-state index is 0.268. The van der Waals surface area contributed by atoms with Gasteiger partial charge in [-0.3, -0.25) is 13.7 Å². The number of halogens is 3. The van der Waals surface area contributed by atoms with Crippen molar-refractivity contribution in [3.63, 3.8) is 0 Å². The first-order valence-electron chi connectivity index (χ1n) is 14.1. The van der Waals surface area contributed by atoms with Crippen LogP contribution in [0.3, 0.4) is 0 Å². The zero-order chi connectivity index (χ0) is 33.6. The van der Waals surface area contributed by atoms with Gasteiger partial charge in [0.05, 0.1) is 11.0 Å². The molecule has 0 fully saturated rings. The van der Waals surface area contributed by atoms with Gasteiger partial charge in [0, 0.05) is 30.0 Å². The first-order valence-corrected chi connectivity index (χ1v) is 16.5. The van der Waals surface area contributed by atoms with Gasteiger partial charge in [-0.25, -0.2) is 14.4 Å². The molecule has 3 aromatic carbocycles. The molecule has 6 aromatic rings. The maximum atomic E-state index is 11.7. The number of nitrogens with zero attached hydrogens (tertiary/aromatic N) is 3. The lowest BCUT2D eigenvalue weighted by atomic mass is 10.1. The van der Waals surface area contributed by atoms with E-state index in [-0.39, 0.29) is 33.9 Å². The Morgan fingerprint density at radius 2 is 0.978 bits per heavy atom. The van der Waals surface area contributed by atoms with E-state index in [9.17, 15) is 14.4 Å². The van der Waals surface area contributed by atoms with Gasteiger partial charge in [0.1, 0.15) is 5.52 Å². The van der Waals surface area contributed by atoms with Crippen molar-refractivity contribution in [1.29, 1.82) is 0 Å². The van der Waals surface area contributed by atoms with Gasteiger partial charge in [-0.1, -0.05) is 37.9 Å². The van der Waals surface area contributed by atoms with Gasteiger partial charge in [0.2, 0.25) is 0 Å². The number of hydrogen-bond donors (Lipinski definition) is 0. The maximum absolute atomic E-state index is 11.7. The fourth-order valence-electron chi connectivity index (χ4n) is 4.89. The maximum Gasteiger partial charge on any atom is 0.420 e. The third-order valence-electron chi connectivity index (χ3n) is 6.65. The first kappa shape index (κ1) is 34.8. The van der Waals surface area contributed by atoms with Crippen LogP contribution in [0.4, 0.5) is 0 Å². The number of hydrogen-bond acceptors (Lipinski definition) is 6. The standard InChI is InChI=1S/3C11H12BrNO2/c1-11(2,3)13-8-6-7(12)4-5-9(8)15-10(13)14;1-11(2,3)13-8-5-4-7(12)6-9(8)15-10(13)14;1-11(2,3)13-9-7(12)5-4-6-8(9)15-10(13)14/h3*4-6H,1-3H3. The molecule has 12 heteroatoms. The molecule has 3 heterocycles. The molecule has 0 atom stereocenters. The Morgan fingerprint density at radius 3 is 1.56 bits per heavy atom. The number of aromatic nitrogens is 3. The van der Waals surface area contributed by atoms with Gasteiger partial charge < -0.3 is 13.3 Å². The Labute approximate surface area is 285 Å². The molecule has 0 N–H and O–H groups in total. The molecule has 3 aromatic heterocycles. The van der Waals surface area contributed by atoms with E-state index in [1.165, 1.54) is 0 Å². The van der Waals surface area contributed by atoms with Crippen molar-refractivity contribution in [3.8, 4) is 0 Å². The van der Waals surface area contributed by atoms with Crippen LogP contribution in [0.25, 0.3) is 33.3 Å². The lowest BCUT2D eigenvalue weighted by Crippen LogP contribution is -2.30. The van der Waals surface area contributed by atoms with Crippen molar-refractivity contribution < 1.29 is 13.3 Å². The second-order valence-electron chi connectivity index (χ2n) is 13.4. The Kier molecular flexibility index (Phi) is 9.74. The summed E-state index contributed by atoms with van der Waals surface area (Å²) in [5.41, 5.74) is 3.49. The lowest BCUT2D eigenvalue weighted by molar-refractivity contribution is 0.362. The fourth-order valence-corrected chi connectivity index (χ4v) is 6.10. The smallest absolute Gasteiger partial charge is 0.408 e. The van der Waals surface area contributed by atoms with Crippen LogP contribution < -0.4 is 17.3 Å². The SMILES string of the molecule is CC(C)(C)n1c(=O)oc2cc(Br)ccc21.CC(C)(C)n1c(=O)oc2ccc(Br)cc21.CC(C)(C)n1c(=O)oc2cccc(Br)c21. The summed E-state index contributed by atoms with van der Waals surface area (Å²) in [6, 6.07) is 16.7. The average Bonchev–Trinajstić information content (AvgIpc) is 3.52. The van der Waals surface area contributed by atoms with E-state index in [1.54, 1.807) is 31.9 Å². The summed E-state index contributed by atoms with van der Waals surface area (Å²) in [6.07, 6.45) is 0. The van der Waals surface area contributed by atoms with Crippen LogP contribution in [0.2, 0.25) is 0 Å². The molecular formula is C33H36Br3N3O6. The highest BCUT2D eigenvalue weighted by Crippen LogP contribution is 2.28. The minimum Gasteiger partial charge on any atom is -0.408 e. The number of benzene rings is 3. The summed E-state index contributed by atoms with van der Waals surface area (Å²) in [4.78, 5) is 35.1. The van der Waals surface area contributed by atoms with Crippen LogP contribution in [-0.2, 0) is 16.6 Å². The van der Waals surface area contributed by atoms with E-state index in [2.05, 4.69) is 47.8 Å². The third kappa shape index (κ3) is 7.49. The Hall–Kier alpha value is -3.09. The molecule has 0 amide bonds. The van der Waals surface area contributed by atoms with Gasteiger partial charge in [0.25, 0.3) is 0 Å².